The van der Waals surface area contributed by atoms with Crippen molar-refractivity contribution >= 4 is 22.4 Å². The van der Waals surface area contributed by atoms with Crippen LogP contribution in [0.1, 0.15) is 50.0 Å². The number of aromatic nitrogens is 1. The summed E-state index contributed by atoms with van der Waals surface area (Å²) in [6.07, 6.45) is 5.73. The number of hydrogen-bond donors (Lipinski definition) is 0. The molecule has 31 heavy (non-hydrogen) atoms. The van der Waals surface area contributed by atoms with E-state index in [1.165, 1.54) is 16.5 Å². The first-order valence-corrected chi connectivity index (χ1v) is 11.9. The second-order valence-electron chi connectivity index (χ2n) is 9.94. The number of piperazine rings is 1. The van der Waals surface area contributed by atoms with Crippen LogP contribution < -0.4 is 0 Å². The predicted molar refractivity (Wildman–Crippen MR) is 129 cm³/mol. The average Bonchev–Trinajstić information content (AvgIpc) is 3.09. The average molecular weight is 423 g/mol. The molecule has 0 N–H and O–H groups in total. The van der Waals surface area contributed by atoms with Crippen molar-refractivity contribution in [3.05, 3.63) is 41.6 Å². The van der Waals surface area contributed by atoms with Crippen LogP contribution in [0.2, 0.25) is 0 Å². The van der Waals surface area contributed by atoms with Gasteiger partial charge in [-0.2, -0.15) is 0 Å². The lowest BCUT2D eigenvalue weighted by Gasteiger charge is -2.37. The van der Waals surface area contributed by atoms with Crippen molar-refractivity contribution in [2.45, 2.75) is 40.2 Å². The van der Waals surface area contributed by atoms with Crippen molar-refractivity contribution in [2.24, 2.45) is 13.0 Å². The van der Waals surface area contributed by atoms with Crippen LogP contribution in [0.25, 0.3) is 16.5 Å². The molecule has 0 aliphatic carbocycles. The molecule has 0 unspecified atom stereocenters. The number of rotatable bonds is 5. The second-order valence-corrected chi connectivity index (χ2v) is 9.94. The summed E-state index contributed by atoms with van der Waals surface area (Å²) in [6.45, 7) is 15.9. The summed E-state index contributed by atoms with van der Waals surface area (Å²) in [6, 6.07) is 6.81. The molecule has 1 amide bonds. The van der Waals surface area contributed by atoms with E-state index >= 15 is 0 Å². The third-order valence-corrected chi connectivity index (χ3v) is 6.83. The molecule has 1 saturated heterocycles. The van der Waals surface area contributed by atoms with Crippen LogP contribution in [0.15, 0.2) is 30.5 Å². The molecular formula is C26H38N4O. The standard InChI is InChI=1S/C26H38N4O/c1-19(2)17-28-10-8-21(9-11-28)24-18-27(5)25-16-22(6-7-23(24)25)26(31)30-14-12-29(13-15-30)20(3)4/h6-8,16,18-20H,9-15,17H2,1-5H3. The van der Waals surface area contributed by atoms with E-state index in [0.29, 0.717) is 12.0 Å². The third kappa shape index (κ3) is 4.73. The summed E-state index contributed by atoms with van der Waals surface area (Å²) >= 11 is 0. The molecule has 0 saturated carbocycles. The van der Waals surface area contributed by atoms with Crippen molar-refractivity contribution in [3.8, 4) is 0 Å². The first-order chi connectivity index (χ1) is 14.8. The Morgan fingerprint density at radius 2 is 1.77 bits per heavy atom. The molecule has 0 radical (unpaired) electrons. The van der Waals surface area contributed by atoms with Gasteiger partial charge in [-0.15, -0.1) is 0 Å². The van der Waals surface area contributed by atoms with Gasteiger partial charge in [0.15, 0.2) is 0 Å². The van der Waals surface area contributed by atoms with Gasteiger partial charge < -0.3 is 9.47 Å². The van der Waals surface area contributed by atoms with E-state index in [1.54, 1.807) is 0 Å². The van der Waals surface area contributed by atoms with Gasteiger partial charge >= 0.3 is 0 Å². The van der Waals surface area contributed by atoms with Gasteiger partial charge in [0.2, 0.25) is 0 Å². The van der Waals surface area contributed by atoms with Crippen LogP contribution in [0, 0.1) is 5.92 Å². The maximum absolute atomic E-state index is 13.1. The molecule has 0 spiro atoms. The van der Waals surface area contributed by atoms with E-state index in [1.807, 2.05) is 11.0 Å². The SMILES string of the molecule is CC(C)CN1CC=C(c2cn(C)c3cc(C(=O)N4CCN(C(C)C)CC4)ccc23)CC1. The van der Waals surface area contributed by atoms with Crippen LogP contribution in [0.4, 0.5) is 0 Å². The number of carbonyl (C=O) groups is 1. The fraction of sp³-hybridized carbons (Fsp3) is 0.577. The molecule has 0 atom stereocenters. The van der Waals surface area contributed by atoms with Crippen LogP contribution in [0.3, 0.4) is 0 Å². The number of carbonyl (C=O) groups excluding carboxylic acids is 1. The number of aryl methyl sites for hydroxylation is 1. The van der Waals surface area contributed by atoms with E-state index in [-0.39, 0.29) is 5.91 Å². The maximum Gasteiger partial charge on any atom is 0.254 e. The van der Waals surface area contributed by atoms with Crippen LogP contribution in [-0.2, 0) is 7.05 Å². The van der Waals surface area contributed by atoms with Gasteiger partial charge in [-0.3, -0.25) is 14.6 Å². The molecule has 2 aliphatic rings. The molecule has 0 bridgehead atoms. The normalized spacial score (nSPS) is 18.9. The van der Waals surface area contributed by atoms with Gasteiger partial charge in [0.25, 0.3) is 5.91 Å². The summed E-state index contributed by atoms with van der Waals surface area (Å²) in [7, 11) is 2.09. The van der Waals surface area contributed by atoms with E-state index in [0.717, 1.165) is 63.3 Å². The van der Waals surface area contributed by atoms with E-state index in [2.05, 4.69) is 73.5 Å². The lowest BCUT2D eigenvalue weighted by atomic mass is 9.97. The van der Waals surface area contributed by atoms with Gasteiger partial charge in [-0.1, -0.05) is 26.0 Å². The monoisotopic (exact) mass is 422 g/mol. The molecule has 4 rings (SSSR count). The molecule has 168 valence electrons. The van der Waals surface area contributed by atoms with Gasteiger partial charge in [0.05, 0.1) is 0 Å². The molecule has 2 aromatic rings. The van der Waals surface area contributed by atoms with Crippen molar-refractivity contribution in [3.63, 3.8) is 0 Å². The summed E-state index contributed by atoms with van der Waals surface area (Å²) in [4.78, 5) is 20.1. The van der Waals surface area contributed by atoms with Crippen molar-refractivity contribution in [1.29, 1.82) is 0 Å². The Hall–Kier alpha value is -2.11. The molecule has 5 heteroatoms. The third-order valence-electron chi connectivity index (χ3n) is 6.83. The smallest absolute Gasteiger partial charge is 0.254 e. The Balaban J connectivity index is 1.52. The van der Waals surface area contributed by atoms with E-state index < -0.39 is 0 Å². The summed E-state index contributed by atoms with van der Waals surface area (Å²) < 4.78 is 2.18. The number of nitrogens with zero attached hydrogens (tertiary/aromatic N) is 4. The van der Waals surface area contributed by atoms with E-state index in [9.17, 15) is 4.79 Å². The van der Waals surface area contributed by atoms with E-state index in [4.69, 9.17) is 0 Å². The first-order valence-electron chi connectivity index (χ1n) is 11.9. The van der Waals surface area contributed by atoms with Crippen LogP contribution in [-0.4, -0.2) is 77.0 Å². The zero-order valence-electron chi connectivity index (χ0n) is 19.9. The zero-order valence-corrected chi connectivity index (χ0v) is 19.9. The molecule has 1 aromatic heterocycles. The van der Waals surface area contributed by atoms with Crippen LogP contribution >= 0.6 is 0 Å². The Morgan fingerprint density at radius 3 is 2.39 bits per heavy atom. The minimum atomic E-state index is 0.161. The van der Waals surface area contributed by atoms with Crippen molar-refractivity contribution < 1.29 is 4.79 Å². The van der Waals surface area contributed by atoms with Gasteiger partial charge in [0, 0.05) is 87.1 Å². The highest BCUT2D eigenvalue weighted by Crippen LogP contribution is 2.31. The summed E-state index contributed by atoms with van der Waals surface area (Å²) in [5.41, 5.74) is 4.71. The van der Waals surface area contributed by atoms with Gasteiger partial charge in [-0.05, 0) is 43.9 Å². The maximum atomic E-state index is 13.1. The summed E-state index contributed by atoms with van der Waals surface area (Å²) in [5.74, 6) is 0.867. The minimum Gasteiger partial charge on any atom is -0.350 e. The number of benzene rings is 1. The lowest BCUT2D eigenvalue weighted by Crippen LogP contribution is -2.50. The molecule has 1 aromatic carbocycles. The predicted octanol–water partition coefficient (Wildman–Crippen LogP) is 4.09. The Morgan fingerprint density at radius 1 is 1.03 bits per heavy atom. The molecular weight excluding hydrogens is 384 g/mol. The topological polar surface area (TPSA) is 31.7 Å². The fourth-order valence-corrected chi connectivity index (χ4v) is 5.03. The lowest BCUT2D eigenvalue weighted by molar-refractivity contribution is 0.0595. The van der Waals surface area contributed by atoms with Crippen molar-refractivity contribution in [2.75, 3.05) is 45.8 Å². The molecule has 1 fully saturated rings. The van der Waals surface area contributed by atoms with Crippen LogP contribution in [0.5, 0.6) is 0 Å². The second kappa shape index (κ2) is 9.17. The molecule has 2 aliphatic heterocycles. The number of amides is 1. The Kier molecular flexibility index (Phi) is 6.54. The highest BCUT2D eigenvalue weighted by Gasteiger charge is 2.24. The molecule has 3 heterocycles. The highest BCUT2D eigenvalue weighted by molar-refractivity contribution is 6.01. The largest absolute Gasteiger partial charge is 0.350 e. The number of hydrogen-bond acceptors (Lipinski definition) is 3. The first kappa shape index (κ1) is 22.1. The summed E-state index contributed by atoms with van der Waals surface area (Å²) in [5, 5.41) is 1.26. The highest BCUT2D eigenvalue weighted by atomic mass is 16.2. The Labute approximate surface area is 187 Å². The zero-order chi connectivity index (χ0) is 22.1. The van der Waals surface area contributed by atoms with Gasteiger partial charge in [-0.25, -0.2) is 0 Å². The van der Waals surface area contributed by atoms with Gasteiger partial charge in [0.1, 0.15) is 0 Å². The Bertz CT molecular complexity index is 963. The minimum absolute atomic E-state index is 0.161. The fourth-order valence-electron chi connectivity index (χ4n) is 5.03. The quantitative estimate of drug-likeness (QED) is 0.727. The van der Waals surface area contributed by atoms with Crippen molar-refractivity contribution in [1.82, 2.24) is 19.3 Å². The molecule has 5 nitrogen and oxygen atoms in total. The number of fused-ring (bicyclic) bond motifs is 1.